The molecule has 0 atom stereocenters. The molecule has 0 aliphatic heterocycles. The van der Waals surface area contributed by atoms with E-state index in [1.807, 2.05) is 11.8 Å². The van der Waals surface area contributed by atoms with E-state index in [4.69, 9.17) is 4.74 Å². The quantitative estimate of drug-likeness (QED) is 0.830. The van der Waals surface area contributed by atoms with Crippen LogP contribution in [0.2, 0.25) is 0 Å². The van der Waals surface area contributed by atoms with Crippen molar-refractivity contribution in [3.8, 4) is 0 Å². The van der Waals surface area contributed by atoms with E-state index in [1.165, 1.54) is 26.4 Å². The van der Waals surface area contributed by atoms with Crippen LogP contribution in [-0.4, -0.2) is 35.6 Å². The number of nitrogens with one attached hydrogen (secondary N) is 1. The number of hydrogen-bond acceptors (Lipinski definition) is 5. The molecule has 0 bridgehead atoms. The highest BCUT2D eigenvalue weighted by atomic mass is 32.2. The van der Waals surface area contributed by atoms with E-state index in [9.17, 15) is 4.79 Å². The number of methoxy groups -OCH3 is 1. The fourth-order valence-corrected chi connectivity index (χ4v) is 3.00. The number of carbonyl (C=O) groups is 1. The number of carbonyl (C=O) groups excluding carboxylic acids is 1. The van der Waals surface area contributed by atoms with Crippen LogP contribution in [-0.2, 0) is 4.74 Å². The molecule has 98 valence electrons. The Morgan fingerprint density at radius 2 is 2.39 bits per heavy atom. The van der Waals surface area contributed by atoms with Crippen LogP contribution in [0, 0.1) is 0 Å². The standard InChI is InChI=1S/C13H18N2O2S/c1-17-12(16)10-5-3-8-14-11(10)15-9-13(18-2)6-4-7-13/h3,5,8H,4,6-7,9H2,1-2H3,(H,14,15). The summed E-state index contributed by atoms with van der Waals surface area (Å²) in [4.78, 5) is 15.8. The lowest BCUT2D eigenvalue weighted by Crippen LogP contribution is -2.40. The molecule has 1 aliphatic rings. The average molecular weight is 266 g/mol. The smallest absolute Gasteiger partial charge is 0.341 e. The Balaban J connectivity index is 2.07. The van der Waals surface area contributed by atoms with Crippen LogP contribution in [0.3, 0.4) is 0 Å². The first-order valence-electron chi connectivity index (χ1n) is 6.03. The van der Waals surface area contributed by atoms with Crippen molar-refractivity contribution in [2.45, 2.75) is 24.0 Å². The third-order valence-electron chi connectivity index (χ3n) is 3.49. The molecule has 1 saturated carbocycles. The molecule has 2 rings (SSSR count). The second kappa shape index (κ2) is 5.61. The van der Waals surface area contributed by atoms with Crippen molar-refractivity contribution in [1.82, 2.24) is 4.98 Å². The number of esters is 1. The highest BCUT2D eigenvalue weighted by Gasteiger charge is 2.36. The molecule has 1 aromatic rings. The zero-order valence-electron chi connectivity index (χ0n) is 10.7. The van der Waals surface area contributed by atoms with Gasteiger partial charge in [0.25, 0.3) is 0 Å². The molecule has 1 fully saturated rings. The Hall–Kier alpha value is -1.23. The fourth-order valence-electron chi connectivity index (χ4n) is 2.09. The maximum atomic E-state index is 11.6. The maximum Gasteiger partial charge on any atom is 0.341 e. The summed E-state index contributed by atoms with van der Waals surface area (Å²) in [7, 11) is 1.38. The third kappa shape index (κ3) is 2.61. The van der Waals surface area contributed by atoms with Crippen molar-refractivity contribution in [2.24, 2.45) is 0 Å². The lowest BCUT2D eigenvalue weighted by atomic mass is 9.84. The van der Waals surface area contributed by atoms with E-state index in [1.54, 1.807) is 18.3 Å². The third-order valence-corrected chi connectivity index (χ3v) is 4.91. The first-order chi connectivity index (χ1) is 8.71. The van der Waals surface area contributed by atoms with Gasteiger partial charge in [0.2, 0.25) is 0 Å². The van der Waals surface area contributed by atoms with E-state index in [0.717, 1.165) is 6.54 Å². The predicted octanol–water partition coefficient (Wildman–Crippen LogP) is 2.57. The van der Waals surface area contributed by atoms with Gasteiger partial charge in [0, 0.05) is 17.5 Å². The molecule has 0 amide bonds. The van der Waals surface area contributed by atoms with Gasteiger partial charge >= 0.3 is 5.97 Å². The average Bonchev–Trinajstić information content (AvgIpc) is 2.37. The molecule has 1 aromatic heterocycles. The molecule has 0 spiro atoms. The molecule has 1 aliphatic carbocycles. The summed E-state index contributed by atoms with van der Waals surface area (Å²) in [5.41, 5.74) is 0.496. The largest absolute Gasteiger partial charge is 0.465 e. The van der Waals surface area contributed by atoms with E-state index in [-0.39, 0.29) is 5.97 Å². The lowest BCUT2D eigenvalue weighted by Gasteiger charge is -2.40. The molecular weight excluding hydrogens is 248 g/mol. The minimum absolute atomic E-state index is 0.310. The zero-order chi connectivity index (χ0) is 13.0. The molecule has 0 saturated heterocycles. The van der Waals surface area contributed by atoms with E-state index < -0.39 is 0 Å². The summed E-state index contributed by atoms with van der Waals surface area (Å²) in [5.74, 6) is 0.266. The minimum Gasteiger partial charge on any atom is -0.465 e. The fraction of sp³-hybridized carbons (Fsp3) is 0.538. The molecule has 4 nitrogen and oxygen atoms in total. The van der Waals surface area contributed by atoms with Crippen molar-refractivity contribution in [3.05, 3.63) is 23.9 Å². The Morgan fingerprint density at radius 1 is 1.61 bits per heavy atom. The number of pyridine rings is 1. The van der Waals surface area contributed by atoms with E-state index >= 15 is 0 Å². The van der Waals surface area contributed by atoms with E-state index in [0.29, 0.717) is 16.1 Å². The van der Waals surface area contributed by atoms with Crippen LogP contribution in [0.25, 0.3) is 0 Å². The summed E-state index contributed by atoms with van der Waals surface area (Å²) in [6, 6.07) is 3.47. The van der Waals surface area contributed by atoms with Crippen LogP contribution in [0.4, 0.5) is 5.82 Å². The van der Waals surface area contributed by atoms with Gasteiger partial charge in [0.1, 0.15) is 11.4 Å². The number of rotatable bonds is 5. The van der Waals surface area contributed by atoms with Gasteiger partial charge in [0.15, 0.2) is 0 Å². The van der Waals surface area contributed by atoms with Gasteiger partial charge in [-0.05, 0) is 31.2 Å². The first kappa shape index (κ1) is 13.2. The number of thioether (sulfide) groups is 1. The Kier molecular flexibility index (Phi) is 4.11. The van der Waals surface area contributed by atoms with Crippen molar-refractivity contribution in [2.75, 3.05) is 25.2 Å². The maximum absolute atomic E-state index is 11.6. The van der Waals surface area contributed by atoms with Gasteiger partial charge in [-0.15, -0.1) is 0 Å². The molecular formula is C13H18N2O2S. The van der Waals surface area contributed by atoms with Crippen molar-refractivity contribution in [1.29, 1.82) is 0 Å². The molecule has 1 heterocycles. The monoisotopic (exact) mass is 266 g/mol. The molecule has 18 heavy (non-hydrogen) atoms. The highest BCUT2D eigenvalue weighted by molar-refractivity contribution is 8.00. The minimum atomic E-state index is -0.350. The van der Waals surface area contributed by atoms with Crippen LogP contribution in [0.15, 0.2) is 18.3 Å². The summed E-state index contributed by atoms with van der Waals surface area (Å²) in [5, 5.41) is 3.29. The zero-order valence-corrected chi connectivity index (χ0v) is 11.5. The van der Waals surface area contributed by atoms with Gasteiger partial charge in [-0.1, -0.05) is 6.42 Å². The van der Waals surface area contributed by atoms with Gasteiger partial charge in [-0.3, -0.25) is 0 Å². The number of hydrogen-bond donors (Lipinski definition) is 1. The van der Waals surface area contributed by atoms with E-state index in [2.05, 4.69) is 16.6 Å². The Labute approximate surface area is 112 Å². The van der Waals surface area contributed by atoms with Gasteiger partial charge in [-0.25, -0.2) is 9.78 Å². The topological polar surface area (TPSA) is 51.2 Å². The molecule has 0 radical (unpaired) electrons. The SMILES string of the molecule is COC(=O)c1cccnc1NCC1(SC)CCC1. The van der Waals surface area contributed by atoms with Gasteiger partial charge < -0.3 is 10.1 Å². The predicted molar refractivity (Wildman–Crippen MR) is 74.2 cm³/mol. The number of aromatic nitrogens is 1. The van der Waals surface area contributed by atoms with Crippen LogP contribution < -0.4 is 5.32 Å². The van der Waals surface area contributed by atoms with Gasteiger partial charge in [0.05, 0.1) is 7.11 Å². The van der Waals surface area contributed by atoms with Crippen LogP contribution in [0.1, 0.15) is 29.6 Å². The Bertz CT molecular complexity index is 427. The van der Waals surface area contributed by atoms with Crippen molar-refractivity contribution >= 4 is 23.5 Å². The molecule has 1 N–H and O–H groups in total. The summed E-state index contributed by atoms with van der Waals surface area (Å²) < 4.78 is 5.06. The molecule has 0 unspecified atom stereocenters. The summed E-state index contributed by atoms with van der Waals surface area (Å²) >= 11 is 1.89. The van der Waals surface area contributed by atoms with Gasteiger partial charge in [-0.2, -0.15) is 11.8 Å². The first-order valence-corrected chi connectivity index (χ1v) is 7.25. The number of anilines is 1. The van der Waals surface area contributed by atoms with Crippen molar-refractivity contribution < 1.29 is 9.53 Å². The second-order valence-corrected chi connectivity index (χ2v) is 5.76. The normalized spacial score (nSPS) is 16.8. The second-order valence-electron chi connectivity index (χ2n) is 4.49. The number of nitrogens with zero attached hydrogens (tertiary/aromatic N) is 1. The highest BCUT2D eigenvalue weighted by Crippen LogP contribution is 2.42. The molecule has 0 aromatic carbocycles. The lowest BCUT2D eigenvalue weighted by molar-refractivity contribution is 0.0601. The summed E-state index contributed by atoms with van der Waals surface area (Å²) in [6.07, 6.45) is 7.56. The van der Waals surface area contributed by atoms with Crippen LogP contribution in [0.5, 0.6) is 0 Å². The van der Waals surface area contributed by atoms with Crippen LogP contribution >= 0.6 is 11.8 Å². The molecule has 5 heteroatoms. The summed E-state index contributed by atoms with van der Waals surface area (Å²) in [6.45, 7) is 0.842. The van der Waals surface area contributed by atoms with Crippen molar-refractivity contribution in [3.63, 3.8) is 0 Å². The number of ether oxygens (including phenoxy) is 1. The Morgan fingerprint density at radius 3 is 2.94 bits per heavy atom.